The van der Waals surface area contributed by atoms with Crippen molar-refractivity contribution < 1.29 is 9.59 Å². The molecule has 0 fully saturated rings. The van der Waals surface area contributed by atoms with Gasteiger partial charge in [-0.15, -0.1) is 22.7 Å². The van der Waals surface area contributed by atoms with E-state index in [-0.39, 0.29) is 11.8 Å². The van der Waals surface area contributed by atoms with Crippen LogP contribution in [0.25, 0.3) is 0 Å². The molecule has 0 aromatic carbocycles. The Morgan fingerprint density at radius 3 is 2.96 bits per heavy atom. The first-order chi connectivity index (χ1) is 11.0. The summed E-state index contributed by atoms with van der Waals surface area (Å²) in [5.41, 5.74) is 1.10. The lowest BCUT2D eigenvalue weighted by atomic mass is 10.2. The summed E-state index contributed by atoms with van der Waals surface area (Å²) in [4.78, 5) is 32.8. The van der Waals surface area contributed by atoms with E-state index in [0.29, 0.717) is 16.6 Å². The van der Waals surface area contributed by atoms with Crippen molar-refractivity contribution in [2.45, 2.75) is 26.4 Å². The Balaban J connectivity index is 1.64. The molecule has 0 saturated heterocycles. The van der Waals surface area contributed by atoms with E-state index in [0.717, 1.165) is 30.1 Å². The quantitative estimate of drug-likeness (QED) is 0.885. The highest BCUT2D eigenvalue weighted by Crippen LogP contribution is 2.28. The molecule has 2 N–H and O–H groups in total. The minimum absolute atomic E-state index is 0.0808. The molecule has 0 saturated carbocycles. The summed E-state index contributed by atoms with van der Waals surface area (Å²) in [5, 5.41) is 6.27. The number of thiazole rings is 1. The fourth-order valence-electron chi connectivity index (χ4n) is 2.34. The number of fused-ring (bicyclic) bond motifs is 1. The number of likely N-dealkylation sites (N-methyl/N-ethyl adjacent to an activating group) is 1. The molecule has 2 aromatic rings. The van der Waals surface area contributed by atoms with Gasteiger partial charge in [0.2, 0.25) is 5.91 Å². The topological polar surface area (TPSA) is 74.3 Å². The first-order valence-electron chi connectivity index (χ1n) is 7.33. The van der Waals surface area contributed by atoms with Crippen LogP contribution in [0.5, 0.6) is 0 Å². The number of carbonyl (C=O) groups excluding carboxylic acids is 2. The highest BCUT2D eigenvalue weighted by atomic mass is 32.1. The van der Waals surface area contributed by atoms with Crippen LogP contribution in [0.3, 0.4) is 0 Å². The van der Waals surface area contributed by atoms with Crippen molar-refractivity contribution in [3.05, 3.63) is 32.5 Å². The smallest absolute Gasteiger partial charge is 0.267 e. The summed E-state index contributed by atoms with van der Waals surface area (Å²) >= 11 is 2.93. The summed E-state index contributed by atoms with van der Waals surface area (Å²) in [6.07, 6.45) is 0.929. The predicted molar refractivity (Wildman–Crippen MR) is 91.9 cm³/mol. The molecular weight excluding hydrogens is 332 g/mol. The largest absolute Gasteiger partial charge is 0.351 e. The second-order valence-corrected chi connectivity index (χ2v) is 7.76. The molecule has 3 heterocycles. The van der Waals surface area contributed by atoms with Gasteiger partial charge in [-0.05, 0) is 19.2 Å². The first kappa shape index (κ1) is 16.1. The second kappa shape index (κ2) is 6.77. The molecule has 1 aliphatic rings. The Kier molecular flexibility index (Phi) is 4.74. The van der Waals surface area contributed by atoms with E-state index in [1.54, 1.807) is 17.4 Å². The molecule has 0 spiro atoms. The normalized spacial score (nSPS) is 14.3. The third kappa shape index (κ3) is 3.95. The monoisotopic (exact) mass is 350 g/mol. The van der Waals surface area contributed by atoms with Gasteiger partial charge in [-0.2, -0.15) is 0 Å². The van der Waals surface area contributed by atoms with Gasteiger partial charge in [0.15, 0.2) is 5.13 Å². The van der Waals surface area contributed by atoms with E-state index in [9.17, 15) is 9.59 Å². The number of anilines is 1. The standard InChI is InChI=1S/C15H18N4O2S2/c1-9(20)16-7-10-3-4-12(22-10)14(21)18-15-17-11-5-6-19(2)8-13(11)23-15/h3-4H,5-8H2,1-2H3,(H,16,20)(H,17,18,21). The Morgan fingerprint density at radius 2 is 2.17 bits per heavy atom. The zero-order valence-electron chi connectivity index (χ0n) is 13.0. The van der Waals surface area contributed by atoms with Gasteiger partial charge in [-0.1, -0.05) is 0 Å². The van der Waals surface area contributed by atoms with Crippen molar-refractivity contribution in [2.75, 3.05) is 18.9 Å². The maximum Gasteiger partial charge on any atom is 0.267 e. The average Bonchev–Trinajstić information content (AvgIpc) is 3.10. The highest BCUT2D eigenvalue weighted by Gasteiger charge is 2.19. The molecule has 8 heteroatoms. The Bertz CT molecular complexity index is 738. The number of nitrogens with zero attached hydrogens (tertiary/aromatic N) is 2. The van der Waals surface area contributed by atoms with E-state index in [4.69, 9.17) is 0 Å². The van der Waals surface area contributed by atoms with Crippen molar-refractivity contribution in [3.63, 3.8) is 0 Å². The maximum absolute atomic E-state index is 12.3. The second-order valence-electron chi connectivity index (χ2n) is 5.51. The number of rotatable bonds is 4. The number of hydrogen-bond acceptors (Lipinski definition) is 6. The number of amides is 2. The van der Waals surface area contributed by atoms with E-state index in [2.05, 4.69) is 27.6 Å². The van der Waals surface area contributed by atoms with E-state index >= 15 is 0 Å². The number of hydrogen-bond donors (Lipinski definition) is 2. The lowest BCUT2D eigenvalue weighted by Gasteiger charge is -2.20. The fraction of sp³-hybridized carbons (Fsp3) is 0.400. The summed E-state index contributed by atoms with van der Waals surface area (Å²) in [6, 6.07) is 3.63. The molecule has 2 amide bonds. The van der Waals surface area contributed by atoms with Crippen LogP contribution in [0.15, 0.2) is 12.1 Å². The third-order valence-corrected chi connectivity index (χ3v) is 5.62. The van der Waals surface area contributed by atoms with E-state index < -0.39 is 0 Å². The molecular formula is C15H18N4O2S2. The van der Waals surface area contributed by atoms with Crippen molar-refractivity contribution in [1.29, 1.82) is 0 Å². The molecule has 0 atom stereocenters. The Morgan fingerprint density at radius 1 is 1.35 bits per heavy atom. The van der Waals surface area contributed by atoms with Crippen LogP contribution in [0.2, 0.25) is 0 Å². The fourth-order valence-corrected chi connectivity index (χ4v) is 4.27. The van der Waals surface area contributed by atoms with E-state index in [1.807, 2.05) is 6.07 Å². The Labute approximate surface area is 142 Å². The summed E-state index contributed by atoms with van der Waals surface area (Å²) in [7, 11) is 2.09. The molecule has 3 rings (SSSR count). The lowest BCUT2D eigenvalue weighted by molar-refractivity contribution is -0.119. The molecule has 6 nitrogen and oxygen atoms in total. The van der Waals surface area contributed by atoms with Gasteiger partial charge in [0.1, 0.15) is 0 Å². The molecule has 2 aromatic heterocycles. The van der Waals surface area contributed by atoms with Crippen molar-refractivity contribution >= 4 is 39.6 Å². The van der Waals surface area contributed by atoms with Gasteiger partial charge < -0.3 is 10.2 Å². The van der Waals surface area contributed by atoms with Crippen LogP contribution in [0.4, 0.5) is 5.13 Å². The molecule has 0 unspecified atom stereocenters. The van der Waals surface area contributed by atoms with Crippen LogP contribution >= 0.6 is 22.7 Å². The summed E-state index contributed by atoms with van der Waals surface area (Å²) < 4.78 is 0. The molecule has 0 bridgehead atoms. The highest BCUT2D eigenvalue weighted by molar-refractivity contribution is 7.16. The molecule has 122 valence electrons. The zero-order chi connectivity index (χ0) is 16.4. The van der Waals surface area contributed by atoms with E-state index in [1.165, 1.54) is 23.1 Å². The van der Waals surface area contributed by atoms with Gasteiger partial charge >= 0.3 is 0 Å². The van der Waals surface area contributed by atoms with Crippen LogP contribution < -0.4 is 10.6 Å². The maximum atomic E-state index is 12.3. The van der Waals surface area contributed by atoms with Gasteiger partial charge in [0.25, 0.3) is 5.91 Å². The van der Waals surface area contributed by atoms with Crippen LogP contribution in [-0.4, -0.2) is 35.3 Å². The zero-order valence-corrected chi connectivity index (χ0v) is 14.6. The minimum Gasteiger partial charge on any atom is -0.351 e. The molecule has 0 radical (unpaired) electrons. The SMILES string of the molecule is CC(=O)NCc1ccc(C(=O)Nc2nc3c(s2)CN(C)CC3)s1. The van der Waals surface area contributed by atoms with Gasteiger partial charge in [-0.3, -0.25) is 14.9 Å². The third-order valence-electron chi connectivity index (χ3n) is 3.54. The predicted octanol–water partition coefficient (Wildman–Crippen LogP) is 2.08. The lowest BCUT2D eigenvalue weighted by Crippen LogP contribution is -2.25. The van der Waals surface area contributed by atoms with Crippen LogP contribution in [-0.2, 0) is 24.3 Å². The minimum atomic E-state index is -0.150. The number of carbonyl (C=O) groups is 2. The summed E-state index contributed by atoms with van der Waals surface area (Å²) in [6.45, 7) is 3.82. The Hall–Kier alpha value is -1.77. The van der Waals surface area contributed by atoms with Crippen molar-refractivity contribution in [2.24, 2.45) is 0 Å². The van der Waals surface area contributed by atoms with Crippen LogP contribution in [0, 0.1) is 0 Å². The summed E-state index contributed by atoms with van der Waals surface area (Å²) in [5.74, 6) is -0.230. The molecule has 1 aliphatic heterocycles. The van der Waals surface area contributed by atoms with Gasteiger partial charge in [0, 0.05) is 36.2 Å². The first-order valence-corrected chi connectivity index (χ1v) is 8.96. The number of thiophene rings is 1. The number of aromatic nitrogens is 1. The van der Waals surface area contributed by atoms with Gasteiger partial charge in [0.05, 0.1) is 17.1 Å². The molecule has 0 aliphatic carbocycles. The van der Waals surface area contributed by atoms with Crippen molar-refractivity contribution in [3.8, 4) is 0 Å². The van der Waals surface area contributed by atoms with Gasteiger partial charge in [-0.25, -0.2) is 4.98 Å². The van der Waals surface area contributed by atoms with Crippen LogP contribution in [0.1, 0.15) is 32.0 Å². The number of nitrogens with one attached hydrogen (secondary N) is 2. The average molecular weight is 350 g/mol. The van der Waals surface area contributed by atoms with Crippen molar-refractivity contribution in [1.82, 2.24) is 15.2 Å². The molecule has 23 heavy (non-hydrogen) atoms.